The molecule has 318 valence electrons. The Morgan fingerprint density at radius 3 is 2.05 bits per heavy atom. The third-order valence-corrected chi connectivity index (χ3v) is 14.7. The number of hydrogen-bond donors (Lipinski definition) is 8. The summed E-state index contributed by atoms with van der Waals surface area (Å²) in [6.07, 6.45) is -9.29. The molecule has 4 aliphatic carbocycles. The zero-order valence-corrected chi connectivity index (χ0v) is 33.8. The zero-order chi connectivity index (χ0) is 40.1. The van der Waals surface area contributed by atoms with Gasteiger partial charge in [0.1, 0.15) is 54.9 Å². The Kier molecular flexibility index (Phi) is 13.9. The van der Waals surface area contributed by atoms with E-state index in [1.54, 1.807) is 0 Å². The van der Waals surface area contributed by atoms with Crippen molar-refractivity contribution in [2.45, 2.75) is 178 Å². The normalized spacial score (nSPS) is 47.5. The van der Waals surface area contributed by atoms with Crippen LogP contribution in [0.25, 0.3) is 0 Å². The van der Waals surface area contributed by atoms with E-state index in [4.69, 9.17) is 28.4 Å². The van der Waals surface area contributed by atoms with Crippen LogP contribution < -0.4 is 0 Å². The highest BCUT2D eigenvalue weighted by Gasteiger charge is 2.63. The summed E-state index contributed by atoms with van der Waals surface area (Å²) in [4.78, 5) is 0. The van der Waals surface area contributed by atoms with E-state index < -0.39 is 85.8 Å². The molecule has 55 heavy (non-hydrogen) atoms. The number of fused-ring (bicyclic) bond motifs is 4. The van der Waals surface area contributed by atoms with Gasteiger partial charge in [-0.2, -0.15) is 0 Å². The molecule has 0 aromatic rings. The van der Waals surface area contributed by atoms with Crippen molar-refractivity contribution in [3.63, 3.8) is 0 Å². The van der Waals surface area contributed by atoms with Crippen LogP contribution in [-0.4, -0.2) is 154 Å². The summed E-state index contributed by atoms with van der Waals surface area (Å²) in [5, 5.41) is 89.2. The van der Waals surface area contributed by atoms with Gasteiger partial charge in [-0.05, 0) is 84.5 Å². The van der Waals surface area contributed by atoms with Gasteiger partial charge in [-0.15, -0.1) is 0 Å². The summed E-state index contributed by atoms with van der Waals surface area (Å²) in [5.41, 5.74) is 1.40. The van der Waals surface area contributed by atoms with Crippen molar-refractivity contribution in [2.75, 3.05) is 27.4 Å². The largest absolute Gasteiger partial charge is 0.393 e. The molecule has 3 saturated carbocycles. The first-order chi connectivity index (χ1) is 26.0. The minimum Gasteiger partial charge on any atom is -0.393 e. The second-order valence-corrected chi connectivity index (χ2v) is 18.7. The molecule has 5 fully saturated rings. The minimum atomic E-state index is -1.58. The Labute approximate surface area is 326 Å². The zero-order valence-electron chi connectivity index (χ0n) is 33.8. The van der Waals surface area contributed by atoms with Crippen LogP contribution in [0.3, 0.4) is 0 Å². The van der Waals surface area contributed by atoms with Gasteiger partial charge in [0, 0.05) is 14.2 Å². The molecule has 0 unspecified atom stereocenters. The van der Waals surface area contributed by atoms with Gasteiger partial charge in [0.2, 0.25) is 0 Å². The van der Waals surface area contributed by atoms with Crippen molar-refractivity contribution >= 4 is 0 Å². The van der Waals surface area contributed by atoms with Crippen LogP contribution in [0.1, 0.15) is 92.4 Å². The molecule has 0 aromatic heterocycles. The van der Waals surface area contributed by atoms with E-state index in [2.05, 4.69) is 34.6 Å². The molecule has 0 amide bonds. The first-order valence-electron chi connectivity index (χ1n) is 20.8. The quantitative estimate of drug-likeness (QED) is 0.110. The van der Waals surface area contributed by atoms with Crippen LogP contribution in [-0.2, 0) is 28.4 Å². The monoisotopic (exact) mass is 786 g/mol. The third kappa shape index (κ3) is 8.09. The van der Waals surface area contributed by atoms with Crippen molar-refractivity contribution in [2.24, 2.45) is 40.4 Å². The molecule has 6 rings (SSSR count). The van der Waals surface area contributed by atoms with Gasteiger partial charge in [-0.25, -0.2) is 0 Å². The molecule has 2 aliphatic heterocycles. The lowest BCUT2D eigenvalue weighted by atomic mass is 9.47. The topological polar surface area (TPSA) is 217 Å². The third-order valence-electron chi connectivity index (χ3n) is 14.7. The van der Waals surface area contributed by atoms with E-state index >= 15 is 0 Å². The van der Waals surface area contributed by atoms with E-state index in [-0.39, 0.29) is 47.7 Å². The Bertz CT molecular complexity index is 1320. The Balaban J connectivity index is 1.30. The summed E-state index contributed by atoms with van der Waals surface area (Å²) in [6.45, 7) is 10.9. The highest BCUT2D eigenvalue weighted by Crippen LogP contribution is 2.66. The van der Waals surface area contributed by atoms with Crippen molar-refractivity contribution < 1.29 is 69.3 Å². The van der Waals surface area contributed by atoms with Crippen LogP contribution >= 0.6 is 0 Å². The summed E-state index contributed by atoms with van der Waals surface area (Å²) in [7, 11) is 2.80. The van der Waals surface area contributed by atoms with Gasteiger partial charge < -0.3 is 69.3 Å². The van der Waals surface area contributed by atoms with E-state index in [9.17, 15) is 40.9 Å². The van der Waals surface area contributed by atoms with Crippen LogP contribution in [0.15, 0.2) is 11.1 Å². The summed E-state index contributed by atoms with van der Waals surface area (Å²) >= 11 is 0. The van der Waals surface area contributed by atoms with Crippen molar-refractivity contribution in [1.29, 1.82) is 0 Å². The average Bonchev–Trinajstić information content (AvgIpc) is 3.71. The number of rotatable bonds is 15. The second kappa shape index (κ2) is 17.4. The molecule has 0 radical (unpaired) electrons. The van der Waals surface area contributed by atoms with Crippen LogP contribution in [0.5, 0.6) is 0 Å². The maximum Gasteiger partial charge on any atom is 0.187 e. The number of aliphatic hydroxyl groups excluding tert-OH is 8. The van der Waals surface area contributed by atoms with E-state index in [0.29, 0.717) is 25.2 Å². The molecule has 2 saturated heterocycles. The number of ether oxygens (including phenoxy) is 6. The highest BCUT2D eigenvalue weighted by atomic mass is 16.8. The van der Waals surface area contributed by atoms with Crippen LogP contribution in [0.4, 0.5) is 0 Å². The second-order valence-electron chi connectivity index (χ2n) is 18.7. The lowest BCUT2D eigenvalue weighted by Gasteiger charge is -2.59. The fraction of sp³-hybridized carbons (Fsp3) is 0.951. The van der Waals surface area contributed by atoms with E-state index in [0.717, 1.165) is 49.7 Å². The number of hydrogen-bond acceptors (Lipinski definition) is 14. The van der Waals surface area contributed by atoms with E-state index in [1.807, 2.05) is 0 Å². The lowest BCUT2D eigenvalue weighted by Crippen LogP contribution is -2.58. The molecule has 0 aromatic carbocycles. The first-order valence-corrected chi connectivity index (χ1v) is 20.8. The first kappa shape index (κ1) is 43.8. The molecule has 14 heteroatoms. The molecule has 20 atom stereocenters. The van der Waals surface area contributed by atoms with Gasteiger partial charge in [0.05, 0.1) is 31.5 Å². The minimum absolute atomic E-state index is 0.0255. The standard InChI is InChI=1S/C41H70O14/c1-19(2)9-8-10-20(3)29-27(16-23-28-22(12-14-41(23,29)5)40(4)13-11-21(42)15-24(40)30(45)31(28)46)52-39-34(49)37(36(54-39)26(44)18-51-7)55-38-33(48)32(47)35(53-38)25(43)17-50-6/h19-22,24-27,29-39,42-49H,8-18H2,1-7H3/t20-,21-,22+,24-,25+,26+,27-,29+,30+,31-,32-,33-,34-,35+,36+,37-,38+,39-,40-,41+/m1/s1. The predicted octanol–water partition coefficient (Wildman–Crippen LogP) is 1.40. The Morgan fingerprint density at radius 2 is 1.40 bits per heavy atom. The molecular formula is C41H70O14. The molecule has 8 N–H and O–H groups in total. The number of aliphatic hydroxyl groups is 8. The predicted molar refractivity (Wildman–Crippen MR) is 198 cm³/mol. The average molecular weight is 787 g/mol. The van der Waals surface area contributed by atoms with Crippen molar-refractivity contribution in [1.82, 2.24) is 0 Å². The molecule has 0 bridgehead atoms. The smallest absolute Gasteiger partial charge is 0.187 e. The molecule has 2 heterocycles. The molecule has 0 spiro atoms. The molecule has 6 aliphatic rings. The van der Waals surface area contributed by atoms with E-state index in [1.165, 1.54) is 14.2 Å². The van der Waals surface area contributed by atoms with Gasteiger partial charge in [0.25, 0.3) is 0 Å². The van der Waals surface area contributed by atoms with Gasteiger partial charge in [-0.3, -0.25) is 0 Å². The van der Waals surface area contributed by atoms with Gasteiger partial charge >= 0.3 is 0 Å². The lowest BCUT2D eigenvalue weighted by molar-refractivity contribution is -0.226. The Hall–Kier alpha value is -0.820. The fourth-order valence-electron chi connectivity index (χ4n) is 11.9. The fourth-order valence-corrected chi connectivity index (χ4v) is 11.9. The van der Waals surface area contributed by atoms with Crippen LogP contribution in [0.2, 0.25) is 0 Å². The van der Waals surface area contributed by atoms with Gasteiger partial charge in [-0.1, -0.05) is 59.5 Å². The SMILES string of the molecule is COC[C@H](O)[C@@H]1O[C@@H](O[C@@H]2[C@@H](O)[C@H](O[C@@H]3CC4=C5[C@@H](O)[C@@H](O)[C@H]6C[C@H](O)CC[C@]6(C)[C@H]5CC[C@]4(C)[C@H]3[C@H](C)CCCC(C)C)O[C@H]2[C@@H](O)COC)[C@H](O)[C@H]1O. The maximum atomic E-state index is 11.9. The highest BCUT2D eigenvalue weighted by molar-refractivity contribution is 5.39. The maximum absolute atomic E-state index is 11.9. The molecular weight excluding hydrogens is 716 g/mol. The molecule has 14 nitrogen and oxygen atoms in total. The summed E-state index contributed by atoms with van der Waals surface area (Å²) in [6, 6.07) is 0. The Morgan fingerprint density at radius 1 is 0.764 bits per heavy atom. The summed E-state index contributed by atoms with van der Waals surface area (Å²) < 4.78 is 35.2. The van der Waals surface area contributed by atoms with Crippen molar-refractivity contribution in [3.05, 3.63) is 11.1 Å². The van der Waals surface area contributed by atoms with Crippen molar-refractivity contribution in [3.8, 4) is 0 Å². The number of methoxy groups -OCH3 is 2. The summed E-state index contributed by atoms with van der Waals surface area (Å²) in [5.74, 6) is 0.579. The van der Waals surface area contributed by atoms with Gasteiger partial charge in [0.15, 0.2) is 12.6 Å². The van der Waals surface area contributed by atoms with Crippen LogP contribution in [0, 0.1) is 40.4 Å².